The minimum atomic E-state index is 0.146. The number of rotatable bonds is 1. The van der Waals surface area contributed by atoms with Crippen molar-refractivity contribution in [2.24, 2.45) is 7.05 Å². The summed E-state index contributed by atoms with van der Waals surface area (Å²) in [4.78, 5) is 0. The first-order valence-electron chi connectivity index (χ1n) is 3.39. The predicted octanol–water partition coefficient (Wildman–Crippen LogP) is 1.13. The van der Waals surface area contributed by atoms with Crippen LogP contribution in [0.25, 0.3) is 0 Å². The molecule has 1 heterocycles. The Labute approximate surface area is 61.1 Å². The highest BCUT2D eigenvalue weighted by atomic mass is 16.3. The Hall–Kier alpha value is -0.760. The summed E-state index contributed by atoms with van der Waals surface area (Å²) < 4.78 is 2.07. The van der Waals surface area contributed by atoms with Crippen molar-refractivity contribution < 1.29 is 5.11 Å². The molecule has 0 fully saturated rings. The van der Waals surface area contributed by atoms with E-state index in [1.165, 1.54) is 5.69 Å². The minimum Gasteiger partial charge on any atom is -0.392 e. The SMILES string of the molecule is Cc1cc(CO)c(C)n1C. The molecule has 2 heteroatoms. The molecular formula is C8H13NO. The normalized spacial score (nSPS) is 10.4. The topological polar surface area (TPSA) is 25.2 Å². The smallest absolute Gasteiger partial charge is 0.0699 e. The van der Waals surface area contributed by atoms with Gasteiger partial charge in [0.2, 0.25) is 0 Å². The Kier molecular flexibility index (Phi) is 1.81. The van der Waals surface area contributed by atoms with Gasteiger partial charge in [-0.2, -0.15) is 0 Å². The molecule has 0 spiro atoms. The number of hydrogen-bond acceptors (Lipinski definition) is 1. The van der Waals surface area contributed by atoms with Gasteiger partial charge in [0.15, 0.2) is 0 Å². The van der Waals surface area contributed by atoms with Crippen molar-refractivity contribution in [2.75, 3.05) is 0 Å². The quantitative estimate of drug-likeness (QED) is 0.620. The number of aromatic nitrogens is 1. The van der Waals surface area contributed by atoms with Crippen LogP contribution in [0, 0.1) is 13.8 Å². The van der Waals surface area contributed by atoms with Crippen LogP contribution < -0.4 is 0 Å². The zero-order valence-corrected chi connectivity index (χ0v) is 6.68. The van der Waals surface area contributed by atoms with E-state index in [2.05, 4.69) is 4.57 Å². The standard InChI is InChI=1S/C8H13NO/c1-6-4-8(5-10)7(2)9(6)3/h4,10H,5H2,1-3H3. The Morgan fingerprint density at radius 2 is 2.10 bits per heavy atom. The van der Waals surface area contributed by atoms with Crippen LogP contribution >= 0.6 is 0 Å². The van der Waals surface area contributed by atoms with E-state index in [0.29, 0.717) is 0 Å². The number of hydrogen-bond donors (Lipinski definition) is 1. The molecule has 0 unspecified atom stereocenters. The van der Waals surface area contributed by atoms with Crippen LogP contribution in [0.1, 0.15) is 17.0 Å². The van der Waals surface area contributed by atoms with E-state index in [1.807, 2.05) is 27.0 Å². The average molecular weight is 139 g/mol. The van der Waals surface area contributed by atoms with Crippen molar-refractivity contribution >= 4 is 0 Å². The zero-order valence-electron chi connectivity index (χ0n) is 6.68. The second kappa shape index (κ2) is 2.46. The van der Waals surface area contributed by atoms with E-state index >= 15 is 0 Å². The first-order valence-corrected chi connectivity index (χ1v) is 3.39. The van der Waals surface area contributed by atoms with E-state index in [1.54, 1.807) is 0 Å². The highest BCUT2D eigenvalue weighted by Gasteiger charge is 2.02. The molecule has 0 saturated heterocycles. The van der Waals surface area contributed by atoms with Gasteiger partial charge in [0.25, 0.3) is 0 Å². The molecule has 1 rings (SSSR count). The molecule has 0 radical (unpaired) electrons. The molecule has 10 heavy (non-hydrogen) atoms. The van der Waals surface area contributed by atoms with E-state index in [-0.39, 0.29) is 6.61 Å². The third kappa shape index (κ3) is 0.948. The lowest BCUT2D eigenvalue weighted by Crippen LogP contribution is -1.93. The van der Waals surface area contributed by atoms with Gasteiger partial charge in [-0.3, -0.25) is 0 Å². The fourth-order valence-electron chi connectivity index (χ4n) is 1.09. The molecule has 0 aliphatic rings. The highest BCUT2D eigenvalue weighted by Crippen LogP contribution is 2.12. The molecule has 0 atom stereocenters. The number of aliphatic hydroxyl groups is 1. The summed E-state index contributed by atoms with van der Waals surface area (Å²) in [6.45, 7) is 4.19. The molecule has 0 saturated carbocycles. The summed E-state index contributed by atoms with van der Waals surface area (Å²) >= 11 is 0. The maximum Gasteiger partial charge on any atom is 0.0699 e. The molecule has 0 aliphatic heterocycles. The third-order valence-electron chi connectivity index (χ3n) is 2.05. The van der Waals surface area contributed by atoms with Gasteiger partial charge in [0.1, 0.15) is 0 Å². The van der Waals surface area contributed by atoms with Gasteiger partial charge in [-0.25, -0.2) is 0 Å². The van der Waals surface area contributed by atoms with Crippen molar-refractivity contribution in [2.45, 2.75) is 20.5 Å². The lowest BCUT2D eigenvalue weighted by molar-refractivity contribution is 0.281. The molecule has 2 nitrogen and oxygen atoms in total. The molecule has 0 amide bonds. The maximum absolute atomic E-state index is 8.84. The molecule has 1 aromatic rings. The Balaban J connectivity index is 3.17. The molecule has 0 aliphatic carbocycles. The minimum absolute atomic E-state index is 0.146. The van der Waals surface area contributed by atoms with Crippen molar-refractivity contribution in [1.82, 2.24) is 4.57 Å². The molecular weight excluding hydrogens is 126 g/mol. The monoisotopic (exact) mass is 139 g/mol. The van der Waals surface area contributed by atoms with Crippen LogP contribution in [0.3, 0.4) is 0 Å². The average Bonchev–Trinajstić information content (AvgIpc) is 2.17. The van der Waals surface area contributed by atoms with Crippen LogP contribution in [0.5, 0.6) is 0 Å². The second-order valence-electron chi connectivity index (χ2n) is 2.61. The molecule has 56 valence electrons. The zero-order chi connectivity index (χ0) is 7.72. The van der Waals surface area contributed by atoms with Crippen molar-refractivity contribution in [3.8, 4) is 0 Å². The first kappa shape index (κ1) is 7.35. The lowest BCUT2D eigenvalue weighted by atomic mass is 10.3. The van der Waals surface area contributed by atoms with Gasteiger partial charge in [-0.1, -0.05) is 0 Å². The van der Waals surface area contributed by atoms with Gasteiger partial charge in [-0.05, 0) is 25.5 Å². The number of nitrogens with zero attached hydrogens (tertiary/aromatic N) is 1. The van der Waals surface area contributed by atoms with Crippen LogP contribution in [0.15, 0.2) is 6.07 Å². The summed E-state index contributed by atoms with van der Waals surface area (Å²) in [5.41, 5.74) is 3.38. The summed E-state index contributed by atoms with van der Waals surface area (Å²) in [7, 11) is 2.00. The summed E-state index contributed by atoms with van der Waals surface area (Å²) in [6.07, 6.45) is 0. The lowest BCUT2D eigenvalue weighted by Gasteiger charge is -1.98. The van der Waals surface area contributed by atoms with Gasteiger partial charge in [0.05, 0.1) is 6.61 Å². The Morgan fingerprint density at radius 3 is 2.30 bits per heavy atom. The van der Waals surface area contributed by atoms with E-state index in [9.17, 15) is 0 Å². The van der Waals surface area contributed by atoms with E-state index in [4.69, 9.17) is 5.11 Å². The first-order chi connectivity index (χ1) is 4.66. The van der Waals surface area contributed by atoms with Gasteiger partial charge >= 0.3 is 0 Å². The van der Waals surface area contributed by atoms with Crippen LogP contribution in [0.4, 0.5) is 0 Å². The third-order valence-corrected chi connectivity index (χ3v) is 2.05. The van der Waals surface area contributed by atoms with Crippen LogP contribution in [-0.4, -0.2) is 9.67 Å². The van der Waals surface area contributed by atoms with Crippen molar-refractivity contribution in [1.29, 1.82) is 0 Å². The van der Waals surface area contributed by atoms with E-state index in [0.717, 1.165) is 11.3 Å². The summed E-state index contributed by atoms with van der Waals surface area (Å²) in [6, 6.07) is 2.01. The molecule has 1 aromatic heterocycles. The maximum atomic E-state index is 8.84. The van der Waals surface area contributed by atoms with E-state index < -0.39 is 0 Å². The largest absolute Gasteiger partial charge is 0.392 e. The van der Waals surface area contributed by atoms with Gasteiger partial charge in [0, 0.05) is 18.4 Å². The van der Waals surface area contributed by atoms with Gasteiger partial charge in [-0.15, -0.1) is 0 Å². The number of aryl methyl sites for hydroxylation is 1. The fourth-order valence-corrected chi connectivity index (χ4v) is 1.09. The van der Waals surface area contributed by atoms with Crippen molar-refractivity contribution in [3.63, 3.8) is 0 Å². The van der Waals surface area contributed by atoms with Crippen LogP contribution in [0.2, 0.25) is 0 Å². The Bertz CT molecular complexity index is 238. The van der Waals surface area contributed by atoms with Gasteiger partial charge < -0.3 is 9.67 Å². The Morgan fingerprint density at radius 1 is 1.50 bits per heavy atom. The summed E-state index contributed by atoms with van der Waals surface area (Å²) in [5, 5.41) is 8.84. The second-order valence-corrected chi connectivity index (χ2v) is 2.61. The fraction of sp³-hybridized carbons (Fsp3) is 0.500. The van der Waals surface area contributed by atoms with Crippen molar-refractivity contribution in [3.05, 3.63) is 23.0 Å². The number of aliphatic hydroxyl groups excluding tert-OH is 1. The predicted molar refractivity (Wildman–Crippen MR) is 40.8 cm³/mol. The molecule has 0 aromatic carbocycles. The molecule has 1 N–H and O–H groups in total. The highest BCUT2D eigenvalue weighted by molar-refractivity contribution is 5.25. The summed E-state index contributed by atoms with van der Waals surface area (Å²) in [5.74, 6) is 0. The van der Waals surface area contributed by atoms with Crippen LogP contribution in [-0.2, 0) is 13.7 Å². The molecule has 0 bridgehead atoms.